The maximum absolute atomic E-state index is 8.97. The Morgan fingerprint density at radius 3 is 1.27 bits per heavy atom. The van der Waals surface area contributed by atoms with E-state index in [-0.39, 0.29) is 7.25 Å². The van der Waals surface area contributed by atoms with Gasteiger partial charge >= 0.3 is 313 Å². The van der Waals surface area contributed by atoms with Crippen LogP contribution in [0.2, 0.25) is 13.1 Å². The minimum absolute atomic E-state index is 0.0704. The molecule has 0 spiro atoms. The molecule has 0 aromatic heterocycles. The molecule has 2 nitrogen and oxygen atoms in total. The molecule has 0 amide bonds. The van der Waals surface area contributed by atoms with Gasteiger partial charge in [-0.2, -0.15) is 0 Å². The summed E-state index contributed by atoms with van der Waals surface area (Å²) < 4.78 is -4.67. The van der Waals surface area contributed by atoms with E-state index in [0.717, 1.165) is 8.97 Å². The van der Waals surface area contributed by atoms with Gasteiger partial charge in [0.1, 0.15) is 0 Å². The third-order valence-electron chi connectivity index (χ3n) is 11.5. The van der Waals surface area contributed by atoms with Gasteiger partial charge in [0.25, 0.3) is 0 Å². The molecule has 4 aromatic rings. The van der Waals surface area contributed by atoms with Gasteiger partial charge in [-0.25, -0.2) is 0 Å². The van der Waals surface area contributed by atoms with Crippen molar-refractivity contribution in [3.05, 3.63) is 118 Å². The van der Waals surface area contributed by atoms with Crippen LogP contribution in [-0.4, -0.2) is 48.2 Å². The third kappa shape index (κ3) is 5.52. The Morgan fingerprint density at radius 1 is 0.583 bits per heavy atom. The van der Waals surface area contributed by atoms with Gasteiger partial charge in [-0.3, -0.25) is 0 Å². The summed E-state index contributed by atoms with van der Waals surface area (Å²) >= 11 is 5.53. The van der Waals surface area contributed by atoms with Crippen LogP contribution in [0.3, 0.4) is 0 Å². The van der Waals surface area contributed by atoms with Gasteiger partial charge < -0.3 is 0 Å². The molecule has 2 aliphatic carbocycles. The molecule has 253 valence electrons. The van der Waals surface area contributed by atoms with Crippen molar-refractivity contribution in [2.24, 2.45) is 0 Å². The topological polar surface area (TPSA) is 0 Å². The SMILES string of the molecule is CC1=Cc2c(-c3cccc([N+](C)(C)C)c3)cccc2[CH]1[Zr]([Cl])([Cl])([I])([I])([CH]1C(C)=Cc2c(-c3cccc([N+](C)(C)C)c3)cccc21)[SiH](C)C. The van der Waals surface area contributed by atoms with Gasteiger partial charge in [-0.15, -0.1) is 0 Å². The predicted molar refractivity (Wildman–Crippen MR) is 234 cm³/mol. The minimum atomic E-state index is -6.06. The Kier molecular flexibility index (Phi) is 8.50. The van der Waals surface area contributed by atoms with Crippen molar-refractivity contribution in [3.8, 4) is 22.3 Å². The summed E-state index contributed by atoms with van der Waals surface area (Å²) in [4.78, 5) is 0. The summed E-state index contributed by atoms with van der Waals surface area (Å²) in [6, 6.07) is 31.5. The molecule has 2 unspecified atom stereocenters. The van der Waals surface area contributed by atoms with Crippen LogP contribution in [0.5, 0.6) is 0 Å². The monoisotopic (exact) mass is 999 g/mol. The molecule has 6 rings (SSSR count). The van der Waals surface area contributed by atoms with Crippen molar-refractivity contribution in [1.29, 1.82) is 0 Å². The van der Waals surface area contributed by atoms with Crippen LogP contribution >= 0.6 is 53.1 Å². The normalized spacial score (nSPS) is 20.3. The first-order chi connectivity index (χ1) is 21.9. The van der Waals surface area contributed by atoms with Crippen molar-refractivity contribution < 1.29 is 4.21 Å². The van der Waals surface area contributed by atoms with Crippen molar-refractivity contribution in [1.82, 2.24) is 8.97 Å². The van der Waals surface area contributed by atoms with Crippen molar-refractivity contribution in [2.75, 3.05) is 42.3 Å². The molecule has 4 aromatic carbocycles. The van der Waals surface area contributed by atoms with Crippen LogP contribution in [0.25, 0.3) is 34.4 Å². The first kappa shape index (κ1) is 37.2. The molecule has 0 saturated carbocycles. The molecule has 2 aliphatic rings. The van der Waals surface area contributed by atoms with Crippen LogP contribution in [-0.2, 0) is 4.21 Å². The van der Waals surface area contributed by atoms with Crippen LogP contribution < -0.4 is 8.97 Å². The summed E-state index contributed by atoms with van der Waals surface area (Å²) in [6.07, 6.45) is 4.81. The average Bonchev–Trinajstić information content (AvgIpc) is 3.53. The molecule has 0 bridgehead atoms. The number of hydrogen-bond acceptors (Lipinski definition) is 0. The molecule has 0 aliphatic heterocycles. The number of halogens is 4. The maximum atomic E-state index is 8.97. The van der Waals surface area contributed by atoms with Crippen LogP contribution in [0.1, 0.15) is 43.4 Å². The summed E-state index contributed by atoms with van der Waals surface area (Å²) in [5, 5.41) is 0. The summed E-state index contributed by atoms with van der Waals surface area (Å²) in [6.45, 7) is 9.40. The second-order valence-corrected chi connectivity index (χ2v) is 155. The molecular weight excluding hydrogens is 952 g/mol. The fourth-order valence-electron chi connectivity index (χ4n) is 8.67. The average molecular weight is 1000 g/mol. The van der Waals surface area contributed by atoms with E-state index in [4.69, 9.17) is 17.0 Å². The number of allylic oxidation sites excluding steroid dienone is 2. The zero-order valence-corrected chi connectivity index (χ0v) is 39.3. The van der Waals surface area contributed by atoms with E-state index in [1.165, 1.54) is 67.0 Å². The first-order valence-electron chi connectivity index (χ1n) is 16.8. The van der Waals surface area contributed by atoms with Gasteiger partial charge in [0, 0.05) is 0 Å². The van der Waals surface area contributed by atoms with Crippen molar-refractivity contribution >= 4 is 82.6 Å². The molecule has 48 heavy (non-hydrogen) atoms. The van der Waals surface area contributed by atoms with Crippen molar-refractivity contribution in [3.63, 3.8) is 0 Å². The second kappa shape index (κ2) is 11.0. The van der Waals surface area contributed by atoms with E-state index in [1.807, 2.05) is 0 Å². The Balaban J connectivity index is 1.59. The number of fused-ring (bicyclic) bond motifs is 2. The van der Waals surface area contributed by atoms with Gasteiger partial charge in [0.2, 0.25) is 0 Å². The fraction of sp³-hybridized carbons (Fsp3) is 0.300. The standard InChI is InChI=1S/2C19H21N.C2H7Si.2ClH.2HI.Zr/c2*1-14-11-15-8-6-10-18(19(15)12-14)16-7-5-9-17(13-16)20(2,3)4;1-3-2;;;;;/h2*5-13H,1-4H3;3H,1-2H3;4*1H;/q2*+1;;;;;;+4/p-4. The van der Waals surface area contributed by atoms with Gasteiger partial charge in [-0.1, -0.05) is 0 Å². The Bertz CT molecular complexity index is 1960. The van der Waals surface area contributed by atoms with Gasteiger partial charge in [0.15, 0.2) is 0 Å². The Labute approximate surface area is 309 Å². The molecule has 0 N–H and O–H groups in total. The summed E-state index contributed by atoms with van der Waals surface area (Å²) in [5.74, 6) is -1.88. The summed E-state index contributed by atoms with van der Waals surface area (Å²) in [5.41, 5.74) is 15.2. The van der Waals surface area contributed by atoms with E-state index in [0.29, 0.717) is 0 Å². The Morgan fingerprint density at radius 2 is 0.938 bits per heavy atom. The van der Waals surface area contributed by atoms with E-state index >= 15 is 0 Å². The molecule has 0 heterocycles. The van der Waals surface area contributed by atoms with Gasteiger partial charge in [0.05, 0.1) is 0 Å². The molecule has 2 atom stereocenters. The van der Waals surface area contributed by atoms with E-state index in [9.17, 15) is 0 Å². The van der Waals surface area contributed by atoms with Crippen LogP contribution in [0.4, 0.5) is 11.4 Å². The second-order valence-electron chi connectivity index (χ2n) is 16.8. The zero-order valence-electron chi connectivity index (χ0n) is 29.9. The predicted octanol–water partition coefficient (Wildman–Crippen LogP) is 12.8. The zero-order chi connectivity index (χ0) is 35.4. The Hall–Kier alpha value is -0.580. The fourth-order valence-corrected chi connectivity index (χ4v) is 64.0. The molecule has 0 fully saturated rings. The van der Waals surface area contributed by atoms with Gasteiger partial charge in [-0.05, 0) is 0 Å². The van der Waals surface area contributed by atoms with Crippen LogP contribution in [0, 0.1) is 0 Å². The quantitative estimate of drug-likeness (QED) is 0.0983. The molecule has 0 radical (unpaired) electrons. The van der Waals surface area contributed by atoms with E-state index in [2.05, 4.69) is 202 Å². The van der Waals surface area contributed by atoms with Crippen LogP contribution in [0.15, 0.2) is 96.1 Å². The van der Waals surface area contributed by atoms with E-state index in [1.54, 1.807) is 0 Å². The number of nitrogens with zero attached hydrogens (tertiary/aromatic N) is 2. The molecule has 0 saturated heterocycles. The van der Waals surface area contributed by atoms with E-state index < -0.39 is 10.1 Å². The van der Waals surface area contributed by atoms with Crippen molar-refractivity contribution in [2.45, 2.75) is 34.2 Å². The number of rotatable bonds is 7. The molecule has 8 heteroatoms. The molecular formula is C40H49Cl2I2N2SiZr+2. The first-order valence-corrected chi connectivity index (χ1v) is 47.8. The number of hydrogen-bond donors (Lipinski definition) is 0. The number of benzene rings is 4. The number of quaternary nitrogens is 2. The third-order valence-corrected chi connectivity index (χ3v) is 132. The summed E-state index contributed by atoms with van der Waals surface area (Å²) in [7, 11) is 31.2.